The Morgan fingerprint density at radius 2 is 1.83 bits per heavy atom. The van der Waals surface area contributed by atoms with Gasteiger partial charge in [-0.3, -0.25) is 19.0 Å². The van der Waals surface area contributed by atoms with E-state index < -0.39 is 18.0 Å². The first-order valence-corrected chi connectivity index (χ1v) is 9.07. The molecular formula is C21H22N4O4. The summed E-state index contributed by atoms with van der Waals surface area (Å²) < 4.78 is 6.33. The van der Waals surface area contributed by atoms with E-state index in [1.54, 1.807) is 36.4 Å². The van der Waals surface area contributed by atoms with Crippen LogP contribution in [0.4, 0.5) is 11.4 Å². The second-order valence-corrected chi connectivity index (χ2v) is 6.76. The molecule has 3 rings (SSSR count). The van der Waals surface area contributed by atoms with Crippen LogP contribution in [0.1, 0.15) is 6.92 Å². The maximum Gasteiger partial charge on any atom is 0.326 e. The van der Waals surface area contributed by atoms with Gasteiger partial charge in [0.2, 0.25) is 0 Å². The van der Waals surface area contributed by atoms with E-state index in [1.165, 1.54) is 13.3 Å². The average Bonchev–Trinajstić information content (AvgIpc) is 2.70. The Hall–Kier alpha value is -3.68. The van der Waals surface area contributed by atoms with Gasteiger partial charge in [0, 0.05) is 25.5 Å². The minimum absolute atomic E-state index is 0.328. The van der Waals surface area contributed by atoms with Gasteiger partial charge in [-0.1, -0.05) is 12.1 Å². The van der Waals surface area contributed by atoms with Crippen LogP contribution in [0.2, 0.25) is 0 Å². The number of hydrogen-bond donors (Lipinski definition) is 1. The fourth-order valence-electron chi connectivity index (χ4n) is 2.73. The number of para-hydroxylation sites is 1. The third kappa shape index (κ3) is 4.78. The van der Waals surface area contributed by atoms with E-state index in [0.29, 0.717) is 16.6 Å². The third-order valence-electron chi connectivity index (χ3n) is 4.36. The van der Waals surface area contributed by atoms with Crippen LogP contribution >= 0.6 is 0 Å². The van der Waals surface area contributed by atoms with Gasteiger partial charge in [-0.15, -0.1) is 0 Å². The molecule has 29 heavy (non-hydrogen) atoms. The van der Waals surface area contributed by atoms with Crippen LogP contribution in [0.25, 0.3) is 10.9 Å². The van der Waals surface area contributed by atoms with E-state index in [1.807, 2.05) is 31.1 Å². The number of rotatable bonds is 6. The summed E-state index contributed by atoms with van der Waals surface area (Å²) in [4.78, 5) is 43.0. The summed E-state index contributed by atoms with van der Waals surface area (Å²) in [5.74, 6) is -1.16. The standard InChI is InChI=1S/C21H22N4O4/c1-14(20(27)23-15-8-10-16(11-9-15)24(2)3)29-19(26)12-25-13-22-18-7-5-4-6-17(18)21(25)28/h4-11,13-14H,12H2,1-3H3,(H,23,27)/t14-/m1/s1. The highest BCUT2D eigenvalue weighted by atomic mass is 16.5. The second-order valence-electron chi connectivity index (χ2n) is 6.76. The molecule has 0 aliphatic rings. The number of amides is 1. The molecule has 150 valence electrons. The lowest BCUT2D eigenvalue weighted by Gasteiger charge is -2.15. The zero-order valence-electron chi connectivity index (χ0n) is 16.5. The monoisotopic (exact) mass is 394 g/mol. The van der Waals surface area contributed by atoms with Gasteiger partial charge in [0.1, 0.15) is 6.54 Å². The molecular weight excluding hydrogens is 372 g/mol. The molecule has 0 saturated carbocycles. The smallest absolute Gasteiger partial charge is 0.326 e. The van der Waals surface area contributed by atoms with Crippen molar-refractivity contribution in [2.24, 2.45) is 0 Å². The lowest BCUT2D eigenvalue weighted by atomic mass is 10.2. The number of ether oxygens (including phenoxy) is 1. The lowest BCUT2D eigenvalue weighted by Crippen LogP contribution is -2.33. The van der Waals surface area contributed by atoms with E-state index in [0.717, 1.165) is 10.3 Å². The molecule has 0 radical (unpaired) electrons. The highest BCUT2D eigenvalue weighted by molar-refractivity contribution is 5.95. The van der Waals surface area contributed by atoms with Crippen molar-refractivity contribution in [2.45, 2.75) is 19.6 Å². The summed E-state index contributed by atoms with van der Waals surface area (Å²) in [6, 6.07) is 14.1. The molecule has 0 fully saturated rings. The first kappa shape index (κ1) is 20.1. The maximum atomic E-state index is 12.4. The van der Waals surface area contributed by atoms with Crippen molar-refractivity contribution in [1.29, 1.82) is 0 Å². The summed E-state index contributed by atoms with van der Waals surface area (Å²) in [7, 11) is 3.84. The maximum absolute atomic E-state index is 12.4. The molecule has 1 N–H and O–H groups in total. The van der Waals surface area contributed by atoms with Gasteiger partial charge in [0.05, 0.1) is 17.2 Å². The molecule has 2 aromatic carbocycles. The van der Waals surface area contributed by atoms with Crippen molar-refractivity contribution in [1.82, 2.24) is 9.55 Å². The summed E-state index contributed by atoms with van der Waals surface area (Å²) >= 11 is 0. The minimum atomic E-state index is -1.01. The largest absolute Gasteiger partial charge is 0.451 e. The number of nitrogens with one attached hydrogen (secondary N) is 1. The Kier molecular flexibility index (Phi) is 5.92. The molecule has 0 unspecified atom stereocenters. The Labute approximate surface area is 167 Å². The molecule has 0 aliphatic heterocycles. The Morgan fingerprint density at radius 3 is 2.52 bits per heavy atom. The molecule has 1 amide bonds. The SMILES string of the molecule is C[C@@H](OC(=O)Cn1cnc2ccccc2c1=O)C(=O)Nc1ccc(N(C)C)cc1. The third-order valence-corrected chi connectivity index (χ3v) is 4.36. The van der Waals surface area contributed by atoms with E-state index in [9.17, 15) is 14.4 Å². The number of aromatic nitrogens is 2. The Balaban J connectivity index is 1.60. The fraction of sp³-hybridized carbons (Fsp3) is 0.238. The van der Waals surface area contributed by atoms with Gasteiger partial charge in [-0.05, 0) is 43.3 Å². The van der Waals surface area contributed by atoms with Crippen molar-refractivity contribution in [3.63, 3.8) is 0 Å². The van der Waals surface area contributed by atoms with Crippen LogP contribution < -0.4 is 15.8 Å². The van der Waals surface area contributed by atoms with Gasteiger partial charge in [-0.2, -0.15) is 0 Å². The lowest BCUT2D eigenvalue weighted by molar-refractivity contribution is -0.153. The average molecular weight is 394 g/mol. The molecule has 8 nitrogen and oxygen atoms in total. The molecule has 0 bridgehead atoms. The molecule has 1 heterocycles. The highest BCUT2D eigenvalue weighted by Crippen LogP contribution is 2.16. The highest BCUT2D eigenvalue weighted by Gasteiger charge is 2.19. The molecule has 0 saturated heterocycles. The summed E-state index contributed by atoms with van der Waals surface area (Å²) in [5, 5.41) is 3.11. The topological polar surface area (TPSA) is 93.5 Å². The van der Waals surface area contributed by atoms with Crippen molar-refractivity contribution in [2.75, 3.05) is 24.3 Å². The minimum Gasteiger partial charge on any atom is -0.451 e. The van der Waals surface area contributed by atoms with Crippen LogP contribution in [0.5, 0.6) is 0 Å². The number of benzene rings is 2. The number of hydrogen-bond acceptors (Lipinski definition) is 6. The molecule has 8 heteroatoms. The number of fused-ring (bicyclic) bond motifs is 1. The van der Waals surface area contributed by atoms with Crippen molar-refractivity contribution < 1.29 is 14.3 Å². The van der Waals surface area contributed by atoms with E-state index in [-0.39, 0.29) is 12.1 Å². The molecule has 1 aromatic heterocycles. The fourth-order valence-corrected chi connectivity index (χ4v) is 2.73. The normalized spacial score (nSPS) is 11.7. The Bertz CT molecular complexity index is 1090. The van der Waals surface area contributed by atoms with Crippen molar-refractivity contribution in [3.8, 4) is 0 Å². The molecule has 0 spiro atoms. The predicted octanol–water partition coefficient (Wildman–Crippen LogP) is 2.03. The van der Waals surface area contributed by atoms with Gasteiger partial charge in [-0.25, -0.2) is 4.98 Å². The van der Waals surface area contributed by atoms with Crippen molar-refractivity contribution in [3.05, 3.63) is 65.2 Å². The Morgan fingerprint density at radius 1 is 1.14 bits per heavy atom. The second kappa shape index (κ2) is 8.55. The first-order chi connectivity index (χ1) is 13.8. The predicted molar refractivity (Wildman–Crippen MR) is 111 cm³/mol. The number of carbonyl (C=O) groups is 2. The number of nitrogens with zero attached hydrogens (tertiary/aromatic N) is 3. The zero-order chi connectivity index (χ0) is 21.0. The molecule has 3 aromatic rings. The van der Waals surface area contributed by atoms with Crippen LogP contribution in [-0.4, -0.2) is 41.6 Å². The van der Waals surface area contributed by atoms with Gasteiger partial charge in [0.15, 0.2) is 6.10 Å². The number of anilines is 2. The first-order valence-electron chi connectivity index (χ1n) is 9.07. The zero-order valence-corrected chi connectivity index (χ0v) is 16.5. The summed E-state index contributed by atoms with van der Waals surface area (Å²) in [5.41, 5.74) is 1.80. The number of esters is 1. The van der Waals surface area contributed by atoms with E-state index in [4.69, 9.17) is 4.74 Å². The van der Waals surface area contributed by atoms with Crippen LogP contribution in [0, 0.1) is 0 Å². The van der Waals surface area contributed by atoms with E-state index >= 15 is 0 Å². The number of carbonyl (C=O) groups excluding carboxylic acids is 2. The molecule has 1 atom stereocenters. The van der Waals surface area contributed by atoms with Crippen LogP contribution in [-0.2, 0) is 20.9 Å². The van der Waals surface area contributed by atoms with Gasteiger partial charge in [0.25, 0.3) is 11.5 Å². The van der Waals surface area contributed by atoms with Crippen LogP contribution in [0.3, 0.4) is 0 Å². The van der Waals surface area contributed by atoms with Crippen molar-refractivity contribution >= 4 is 34.2 Å². The van der Waals surface area contributed by atoms with E-state index in [2.05, 4.69) is 10.3 Å². The van der Waals surface area contributed by atoms with Crippen LogP contribution in [0.15, 0.2) is 59.7 Å². The molecule has 0 aliphatic carbocycles. The summed E-state index contributed by atoms with van der Waals surface area (Å²) in [6.45, 7) is 1.15. The van der Waals surface area contributed by atoms with Gasteiger partial charge >= 0.3 is 5.97 Å². The summed E-state index contributed by atoms with van der Waals surface area (Å²) in [6.07, 6.45) is 0.281. The van der Waals surface area contributed by atoms with Gasteiger partial charge < -0.3 is 15.0 Å². The quantitative estimate of drug-likeness (QED) is 0.643.